The van der Waals surface area contributed by atoms with Gasteiger partial charge in [0.15, 0.2) is 0 Å². The van der Waals surface area contributed by atoms with Gasteiger partial charge in [0.1, 0.15) is 19.1 Å². The first-order chi connectivity index (χ1) is 20.8. The number of pyridine rings is 2. The van der Waals surface area contributed by atoms with Gasteiger partial charge in [-0.1, -0.05) is 25.7 Å². The summed E-state index contributed by atoms with van der Waals surface area (Å²) in [5, 5.41) is 14.7. The van der Waals surface area contributed by atoms with Crippen LogP contribution in [0, 0.1) is 0 Å². The van der Waals surface area contributed by atoms with E-state index in [9.17, 15) is 9.90 Å². The van der Waals surface area contributed by atoms with Gasteiger partial charge >= 0.3 is 0 Å². The van der Waals surface area contributed by atoms with Crippen molar-refractivity contribution >= 4 is 24.9 Å². The number of amides is 1. The number of likely N-dealkylation sites (tertiary alicyclic amines) is 1. The first-order valence-electron chi connectivity index (χ1n) is 15.0. The molecule has 1 N–H and O–H groups in total. The Morgan fingerprint density at radius 3 is 2.58 bits per heavy atom. The van der Waals surface area contributed by atoms with Crippen molar-refractivity contribution in [2.45, 2.75) is 63.9 Å². The van der Waals surface area contributed by atoms with Crippen LogP contribution in [-0.4, -0.2) is 87.0 Å². The maximum Gasteiger partial charge on any atom is 0.248 e. The van der Waals surface area contributed by atoms with E-state index in [4.69, 9.17) is 14.5 Å². The molecule has 3 aromatic heterocycles. The lowest BCUT2D eigenvalue weighted by molar-refractivity contribution is -0.137. The highest BCUT2D eigenvalue weighted by Crippen LogP contribution is 2.32. The fourth-order valence-electron chi connectivity index (χ4n) is 5.96. The van der Waals surface area contributed by atoms with Crippen LogP contribution in [0.1, 0.15) is 18.5 Å². The van der Waals surface area contributed by atoms with E-state index in [1.54, 1.807) is 17.3 Å². The number of aliphatic hydroxyl groups excluding tert-OH is 1. The number of carbonyl (C=O) groups excluding carboxylic acids is 1. The molecule has 6 rings (SSSR count). The van der Waals surface area contributed by atoms with Crippen LogP contribution in [0.5, 0.6) is 11.6 Å². The van der Waals surface area contributed by atoms with Crippen LogP contribution in [0.3, 0.4) is 0 Å². The molecule has 2 atom stereocenters. The lowest BCUT2D eigenvalue weighted by atomic mass is 10.1. The van der Waals surface area contributed by atoms with Gasteiger partial charge in [0.2, 0.25) is 11.8 Å². The Bertz CT molecular complexity index is 1560. The number of piperazine rings is 1. The van der Waals surface area contributed by atoms with Gasteiger partial charge in [-0.15, -0.1) is 0 Å². The van der Waals surface area contributed by atoms with Crippen LogP contribution in [0.25, 0.3) is 22.2 Å². The van der Waals surface area contributed by atoms with E-state index in [0.717, 1.165) is 59.9 Å². The zero-order chi connectivity index (χ0) is 30.0. The quantitative estimate of drug-likeness (QED) is 0.194. The van der Waals surface area contributed by atoms with E-state index in [-0.39, 0.29) is 5.91 Å². The molecule has 10 nitrogen and oxygen atoms in total. The molecule has 2 fully saturated rings. The molecule has 2 aliphatic rings. The first kappa shape index (κ1) is 29.4. The number of carbonyl (C=O) groups is 1. The predicted octanol–water partition coefficient (Wildman–Crippen LogP) is 4.77. The number of aliphatic hydroxyl groups is 1. The summed E-state index contributed by atoms with van der Waals surface area (Å²) < 4.78 is 13.8. The molecule has 1 aromatic carbocycles. The van der Waals surface area contributed by atoms with Crippen molar-refractivity contribution in [2.75, 3.05) is 26.3 Å². The van der Waals surface area contributed by atoms with Gasteiger partial charge in [-0.2, -0.15) is 5.10 Å². The van der Waals surface area contributed by atoms with E-state index in [0.29, 0.717) is 43.5 Å². The van der Waals surface area contributed by atoms with Gasteiger partial charge in [0.05, 0.1) is 16.9 Å². The van der Waals surface area contributed by atoms with Gasteiger partial charge in [0, 0.05) is 75.8 Å². The highest BCUT2D eigenvalue weighted by molar-refractivity contribution is 6.76. The van der Waals surface area contributed by atoms with E-state index in [1.165, 1.54) is 0 Å². The molecule has 0 radical (unpaired) electrons. The van der Waals surface area contributed by atoms with E-state index in [2.05, 4.69) is 46.8 Å². The number of ether oxygens (including phenoxy) is 2. The van der Waals surface area contributed by atoms with Gasteiger partial charge in [-0.3, -0.25) is 14.7 Å². The SMILES string of the molecule is C[Si](C)(C)CCOCn1nccc1-c1ccc(Oc2ccc3nc(CN4C5CCC4CN(C(=O)CO)C5)ccc3c2)nc1. The molecule has 1 amide bonds. The van der Waals surface area contributed by atoms with Crippen molar-refractivity contribution in [2.24, 2.45) is 0 Å². The van der Waals surface area contributed by atoms with Crippen molar-refractivity contribution in [3.05, 3.63) is 66.6 Å². The van der Waals surface area contributed by atoms with Crippen LogP contribution >= 0.6 is 0 Å². The molecule has 43 heavy (non-hydrogen) atoms. The van der Waals surface area contributed by atoms with Crippen molar-refractivity contribution < 1.29 is 19.4 Å². The van der Waals surface area contributed by atoms with Crippen molar-refractivity contribution in [1.29, 1.82) is 0 Å². The Morgan fingerprint density at radius 2 is 1.86 bits per heavy atom. The topological polar surface area (TPSA) is 106 Å². The maximum absolute atomic E-state index is 12.0. The average molecular weight is 601 g/mol. The Kier molecular flexibility index (Phi) is 8.58. The molecule has 226 valence electrons. The Hall–Kier alpha value is -3.64. The summed E-state index contributed by atoms with van der Waals surface area (Å²) in [6.07, 6.45) is 5.72. The molecule has 0 spiro atoms. The third kappa shape index (κ3) is 6.96. The van der Waals surface area contributed by atoms with E-state index < -0.39 is 14.7 Å². The smallest absolute Gasteiger partial charge is 0.248 e. The Balaban J connectivity index is 1.07. The normalized spacial score (nSPS) is 18.8. The summed E-state index contributed by atoms with van der Waals surface area (Å²) >= 11 is 0. The maximum atomic E-state index is 12.0. The molecule has 2 aliphatic heterocycles. The van der Waals surface area contributed by atoms with Gasteiger partial charge in [-0.25, -0.2) is 9.67 Å². The zero-order valence-electron chi connectivity index (χ0n) is 25.1. The lowest BCUT2D eigenvalue weighted by Gasteiger charge is -2.40. The lowest BCUT2D eigenvalue weighted by Crippen LogP contribution is -2.55. The number of hydrogen-bond acceptors (Lipinski definition) is 8. The summed E-state index contributed by atoms with van der Waals surface area (Å²) in [7, 11) is -1.13. The molecular weight excluding hydrogens is 560 g/mol. The second-order valence-corrected chi connectivity index (χ2v) is 18.3. The van der Waals surface area contributed by atoms with Crippen LogP contribution < -0.4 is 4.74 Å². The molecule has 2 unspecified atom stereocenters. The van der Waals surface area contributed by atoms with Crippen molar-refractivity contribution in [1.82, 2.24) is 29.5 Å². The van der Waals surface area contributed by atoms with Crippen LogP contribution in [0.4, 0.5) is 0 Å². The van der Waals surface area contributed by atoms with Crippen molar-refractivity contribution in [3.63, 3.8) is 0 Å². The summed E-state index contributed by atoms with van der Waals surface area (Å²) in [6.45, 7) is 9.89. The molecule has 4 aromatic rings. The molecular formula is C32H40N6O4Si. The van der Waals surface area contributed by atoms with Crippen molar-refractivity contribution in [3.8, 4) is 22.9 Å². The first-order valence-corrected chi connectivity index (χ1v) is 18.7. The number of hydrogen-bond donors (Lipinski definition) is 1. The fraction of sp³-hybridized carbons (Fsp3) is 0.438. The number of rotatable bonds is 11. The second-order valence-electron chi connectivity index (χ2n) is 12.7. The molecule has 2 saturated heterocycles. The highest BCUT2D eigenvalue weighted by atomic mass is 28.3. The predicted molar refractivity (Wildman–Crippen MR) is 167 cm³/mol. The fourth-order valence-corrected chi connectivity index (χ4v) is 6.72. The molecule has 11 heteroatoms. The largest absolute Gasteiger partial charge is 0.439 e. The van der Waals surface area contributed by atoms with Crippen LogP contribution in [-0.2, 0) is 22.8 Å². The monoisotopic (exact) mass is 600 g/mol. The summed E-state index contributed by atoms with van der Waals surface area (Å²) in [6, 6.07) is 17.6. The standard InChI is InChI=1S/C32H40N6O4Si/c1-43(2,3)15-14-41-22-38-30(12-13-34-38)24-5-11-31(33-17-24)42-28-9-10-29-23(16-28)4-6-25(35-29)18-37-26-7-8-27(37)20-36(19-26)32(40)21-39/h4-6,9-13,16-17,26-27,39H,7-8,14-15,18-22H2,1-3H3. The number of nitrogens with zero attached hydrogens (tertiary/aromatic N) is 6. The molecule has 5 heterocycles. The van der Waals surface area contributed by atoms with Gasteiger partial charge in [0.25, 0.3) is 0 Å². The van der Waals surface area contributed by atoms with Crippen LogP contribution in [0.2, 0.25) is 25.7 Å². The third-order valence-electron chi connectivity index (χ3n) is 8.37. The Labute approximate surface area is 253 Å². The summed E-state index contributed by atoms with van der Waals surface area (Å²) in [5.41, 5.74) is 3.82. The molecule has 0 saturated carbocycles. The average Bonchev–Trinajstić information content (AvgIpc) is 3.54. The minimum absolute atomic E-state index is 0.175. The number of fused-ring (bicyclic) bond motifs is 3. The minimum Gasteiger partial charge on any atom is -0.439 e. The molecule has 0 aliphatic carbocycles. The third-order valence-corrected chi connectivity index (χ3v) is 10.1. The molecule has 2 bridgehead atoms. The zero-order valence-corrected chi connectivity index (χ0v) is 26.1. The summed E-state index contributed by atoms with van der Waals surface area (Å²) in [4.78, 5) is 25.7. The van der Waals surface area contributed by atoms with Gasteiger partial charge < -0.3 is 19.5 Å². The number of aromatic nitrogens is 4. The minimum atomic E-state index is -1.13. The van der Waals surface area contributed by atoms with E-state index in [1.807, 2.05) is 41.1 Å². The summed E-state index contributed by atoms with van der Waals surface area (Å²) in [5.74, 6) is 1.04. The number of benzene rings is 1. The van der Waals surface area contributed by atoms with E-state index >= 15 is 0 Å². The van der Waals surface area contributed by atoms with Gasteiger partial charge in [-0.05, 0) is 55.3 Å². The Morgan fingerprint density at radius 1 is 1.05 bits per heavy atom. The highest BCUT2D eigenvalue weighted by Gasteiger charge is 2.41. The second kappa shape index (κ2) is 12.5. The van der Waals surface area contributed by atoms with Crippen LogP contribution in [0.15, 0.2) is 60.9 Å².